The molecule has 0 aliphatic heterocycles. The van der Waals surface area contributed by atoms with E-state index in [-0.39, 0.29) is 36.2 Å². The highest BCUT2D eigenvalue weighted by Crippen LogP contribution is 2.24. The third-order valence-corrected chi connectivity index (χ3v) is 4.25. The van der Waals surface area contributed by atoms with Crippen molar-refractivity contribution in [3.8, 4) is 11.1 Å². The molecule has 1 aromatic carbocycles. The van der Waals surface area contributed by atoms with E-state index in [1.807, 2.05) is 0 Å². The Morgan fingerprint density at radius 2 is 1.78 bits per heavy atom. The maximum atomic E-state index is 13.0. The molecule has 0 bridgehead atoms. The van der Waals surface area contributed by atoms with Crippen molar-refractivity contribution >= 4 is 18.3 Å². The highest BCUT2D eigenvalue weighted by molar-refractivity contribution is 6.00. The highest BCUT2D eigenvalue weighted by atomic mass is 35.5. The fourth-order valence-corrected chi connectivity index (χ4v) is 2.95. The van der Waals surface area contributed by atoms with Gasteiger partial charge in [-0.1, -0.05) is 12.1 Å². The zero-order valence-electron chi connectivity index (χ0n) is 12.7. The van der Waals surface area contributed by atoms with Crippen LogP contribution in [0.5, 0.6) is 0 Å². The van der Waals surface area contributed by atoms with Gasteiger partial charge in [0.1, 0.15) is 5.82 Å². The van der Waals surface area contributed by atoms with Crippen molar-refractivity contribution in [2.45, 2.75) is 37.8 Å². The van der Waals surface area contributed by atoms with Crippen molar-refractivity contribution in [3.63, 3.8) is 0 Å². The van der Waals surface area contributed by atoms with Crippen LogP contribution in [-0.4, -0.2) is 23.0 Å². The number of carbonyl (C=O) groups is 1. The molecule has 4 N–H and O–H groups in total. The molecular weight excluding hydrogens is 317 g/mol. The number of hydrogen-bond donors (Lipinski definition) is 3. The lowest BCUT2D eigenvalue weighted by Crippen LogP contribution is -2.40. The monoisotopic (exact) mass is 337 g/mol. The molecule has 1 aromatic heterocycles. The first-order valence-corrected chi connectivity index (χ1v) is 7.62. The van der Waals surface area contributed by atoms with E-state index in [0.717, 1.165) is 36.8 Å². The lowest BCUT2D eigenvalue weighted by atomic mass is 9.91. The van der Waals surface area contributed by atoms with Crippen LogP contribution in [0.1, 0.15) is 36.0 Å². The number of nitrogens with two attached hydrogens (primary N) is 1. The summed E-state index contributed by atoms with van der Waals surface area (Å²) in [5.74, 6) is -0.384. The molecule has 6 heteroatoms. The summed E-state index contributed by atoms with van der Waals surface area (Å²) in [6.07, 6.45) is 7.18. The van der Waals surface area contributed by atoms with Gasteiger partial charge in [0.15, 0.2) is 0 Å². The van der Waals surface area contributed by atoms with Gasteiger partial charge >= 0.3 is 0 Å². The first-order valence-electron chi connectivity index (χ1n) is 7.62. The first-order chi connectivity index (χ1) is 10.6. The molecular formula is C17H21ClFN3O. The Balaban J connectivity index is 0.00000192. The zero-order valence-corrected chi connectivity index (χ0v) is 13.5. The molecule has 0 atom stereocenters. The van der Waals surface area contributed by atoms with Crippen LogP contribution in [0.2, 0.25) is 0 Å². The van der Waals surface area contributed by atoms with Crippen molar-refractivity contribution in [2.24, 2.45) is 5.73 Å². The van der Waals surface area contributed by atoms with E-state index >= 15 is 0 Å². The average Bonchev–Trinajstić information content (AvgIpc) is 3.00. The summed E-state index contributed by atoms with van der Waals surface area (Å²) in [7, 11) is 0. The summed E-state index contributed by atoms with van der Waals surface area (Å²) in [5, 5.41) is 3.07. The summed E-state index contributed by atoms with van der Waals surface area (Å²) >= 11 is 0. The maximum absolute atomic E-state index is 13.0. The minimum absolute atomic E-state index is 0. The molecule has 124 valence electrons. The summed E-state index contributed by atoms with van der Waals surface area (Å²) < 4.78 is 13.0. The topological polar surface area (TPSA) is 70.9 Å². The van der Waals surface area contributed by atoms with Gasteiger partial charge in [-0.2, -0.15) is 0 Å². The average molecular weight is 338 g/mol. The Hall–Kier alpha value is -1.85. The van der Waals surface area contributed by atoms with Crippen LogP contribution in [0, 0.1) is 5.82 Å². The number of carbonyl (C=O) groups excluding carboxylic acids is 1. The molecule has 1 aliphatic rings. The lowest BCUT2D eigenvalue weighted by Gasteiger charge is -2.26. The molecule has 0 saturated heterocycles. The quantitative estimate of drug-likeness (QED) is 0.804. The van der Waals surface area contributed by atoms with E-state index in [4.69, 9.17) is 5.73 Å². The SMILES string of the molecule is Cl.NC1CCC(NC(=O)c2c[nH]cc2-c2ccc(F)cc2)CC1. The zero-order chi connectivity index (χ0) is 15.5. The van der Waals surface area contributed by atoms with Gasteiger partial charge in [0.25, 0.3) is 5.91 Å². The molecule has 1 saturated carbocycles. The fraction of sp³-hybridized carbons (Fsp3) is 0.353. The number of aromatic nitrogens is 1. The molecule has 3 rings (SSSR count). The van der Waals surface area contributed by atoms with Crippen molar-refractivity contribution in [1.82, 2.24) is 10.3 Å². The van der Waals surface area contributed by atoms with E-state index < -0.39 is 0 Å². The second-order valence-electron chi connectivity index (χ2n) is 5.87. The minimum Gasteiger partial charge on any atom is -0.366 e. The van der Waals surface area contributed by atoms with Gasteiger partial charge in [-0.25, -0.2) is 4.39 Å². The summed E-state index contributed by atoms with van der Waals surface area (Å²) in [5.41, 5.74) is 8.07. The molecule has 4 nitrogen and oxygen atoms in total. The number of nitrogens with one attached hydrogen (secondary N) is 2. The lowest BCUT2D eigenvalue weighted by molar-refractivity contribution is 0.0926. The van der Waals surface area contributed by atoms with E-state index in [9.17, 15) is 9.18 Å². The van der Waals surface area contributed by atoms with Crippen LogP contribution in [0.25, 0.3) is 11.1 Å². The summed E-state index contributed by atoms with van der Waals surface area (Å²) in [6.45, 7) is 0. The minimum atomic E-state index is -0.288. The first kappa shape index (κ1) is 17.5. The largest absolute Gasteiger partial charge is 0.366 e. The fourth-order valence-electron chi connectivity index (χ4n) is 2.95. The third kappa shape index (κ3) is 4.12. The number of benzene rings is 1. The number of aromatic amines is 1. The van der Waals surface area contributed by atoms with Crippen LogP contribution < -0.4 is 11.1 Å². The van der Waals surface area contributed by atoms with Crippen LogP contribution in [0.15, 0.2) is 36.7 Å². The van der Waals surface area contributed by atoms with Crippen molar-refractivity contribution in [1.29, 1.82) is 0 Å². The Morgan fingerprint density at radius 3 is 2.43 bits per heavy atom. The Labute approximate surface area is 141 Å². The maximum Gasteiger partial charge on any atom is 0.253 e. The van der Waals surface area contributed by atoms with E-state index in [0.29, 0.717) is 5.56 Å². The molecule has 0 radical (unpaired) electrons. The van der Waals surface area contributed by atoms with E-state index in [1.54, 1.807) is 24.5 Å². The van der Waals surface area contributed by atoms with E-state index in [1.165, 1.54) is 12.1 Å². The smallest absolute Gasteiger partial charge is 0.253 e. The normalized spacial score (nSPS) is 20.6. The van der Waals surface area contributed by atoms with Gasteiger partial charge in [-0.15, -0.1) is 12.4 Å². The second-order valence-corrected chi connectivity index (χ2v) is 5.87. The molecule has 0 spiro atoms. The van der Waals surface area contributed by atoms with Gasteiger partial charge in [0, 0.05) is 30.0 Å². The van der Waals surface area contributed by atoms with Crippen LogP contribution in [0.4, 0.5) is 4.39 Å². The van der Waals surface area contributed by atoms with Gasteiger partial charge in [-0.05, 0) is 43.4 Å². The second kappa shape index (κ2) is 7.62. The highest BCUT2D eigenvalue weighted by Gasteiger charge is 2.22. The molecule has 23 heavy (non-hydrogen) atoms. The Kier molecular flexibility index (Phi) is 5.80. The predicted molar refractivity (Wildman–Crippen MR) is 91.1 cm³/mol. The molecule has 1 fully saturated rings. The molecule has 2 aromatic rings. The Bertz CT molecular complexity index is 648. The van der Waals surface area contributed by atoms with Crippen molar-refractivity contribution < 1.29 is 9.18 Å². The van der Waals surface area contributed by atoms with Gasteiger partial charge in [-0.3, -0.25) is 4.79 Å². The van der Waals surface area contributed by atoms with Gasteiger partial charge in [0.05, 0.1) is 5.56 Å². The number of hydrogen-bond acceptors (Lipinski definition) is 2. The van der Waals surface area contributed by atoms with Crippen LogP contribution in [-0.2, 0) is 0 Å². The number of halogens is 2. The van der Waals surface area contributed by atoms with E-state index in [2.05, 4.69) is 10.3 Å². The van der Waals surface area contributed by atoms with Gasteiger partial charge in [0.2, 0.25) is 0 Å². The Morgan fingerprint density at radius 1 is 1.13 bits per heavy atom. The molecule has 1 amide bonds. The predicted octanol–water partition coefficient (Wildman–Crippen LogP) is 3.24. The molecule has 1 heterocycles. The molecule has 1 aliphatic carbocycles. The summed E-state index contributed by atoms with van der Waals surface area (Å²) in [4.78, 5) is 15.4. The molecule has 0 unspecified atom stereocenters. The van der Waals surface area contributed by atoms with Gasteiger partial charge < -0.3 is 16.0 Å². The number of rotatable bonds is 3. The number of H-pyrrole nitrogens is 1. The van der Waals surface area contributed by atoms with Crippen LogP contribution >= 0.6 is 12.4 Å². The standard InChI is InChI=1S/C17H20FN3O.ClH/c18-12-3-1-11(2-4-12)15-9-20-10-16(15)17(22)21-14-7-5-13(19)6-8-14;/h1-4,9-10,13-14,20H,5-8,19H2,(H,21,22);1H. The third-order valence-electron chi connectivity index (χ3n) is 4.25. The summed E-state index contributed by atoms with van der Waals surface area (Å²) in [6, 6.07) is 6.58. The number of amides is 1. The van der Waals surface area contributed by atoms with Crippen LogP contribution in [0.3, 0.4) is 0 Å². The van der Waals surface area contributed by atoms with Crippen molar-refractivity contribution in [3.05, 3.63) is 48.0 Å². The van der Waals surface area contributed by atoms with Crippen molar-refractivity contribution in [2.75, 3.05) is 0 Å².